The summed E-state index contributed by atoms with van der Waals surface area (Å²) in [4.78, 5) is 20.8. The standard InChI is InChI=1S/C27H27N3O2/c31-26(16-15-25-28-23-13-7-8-14-24(23)32-25)29-17-19-30(20-18-29)27(21-9-3-1-4-10-21)22-11-5-2-6-12-22/h1-14,27H,15-20H2/p+1. The average molecular weight is 427 g/mol. The van der Waals surface area contributed by atoms with Crippen LogP contribution in [-0.4, -0.2) is 42.0 Å². The Morgan fingerprint density at radius 3 is 2.09 bits per heavy atom. The van der Waals surface area contributed by atoms with Gasteiger partial charge in [-0.2, -0.15) is 0 Å². The van der Waals surface area contributed by atoms with E-state index < -0.39 is 0 Å². The predicted molar refractivity (Wildman–Crippen MR) is 124 cm³/mol. The number of hydrogen-bond acceptors (Lipinski definition) is 3. The van der Waals surface area contributed by atoms with Crippen LogP contribution < -0.4 is 4.90 Å². The summed E-state index contributed by atoms with van der Waals surface area (Å²) in [5.74, 6) is 0.819. The molecule has 3 aromatic carbocycles. The molecule has 32 heavy (non-hydrogen) atoms. The van der Waals surface area contributed by atoms with Gasteiger partial charge in [-0.25, -0.2) is 4.98 Å². The third-order valence-corrected chi connectivity index (χ3v) is 6.32. The number of amides is 1. The Bertz CT molecular complexity index is 1090. The molecule has 162 valence electrons. The number of para-hydroxylation sites is 2. The lowest BCUT2D eigenvalue weighted by atomic mass is 9.96. The van der Waals surface area contributed by atoms with Crippen molar-refractivity contribution in [2.75, 3.05) is 26.2 Å². The molecule has 2 heterocycles. The number of hydrogen-bond donors (Lipinski definition) is 1. The van der Waals surface area contributed by atoms with Crippen LogP contribution in [0.15, 0.2) is 89.3 Å². The third kappa shape index (κ3) is 4.43. The number of carbonyl (C=O) groups excluding carboxylic acids is 1. The highest BCUT2D eigenvalue weighted by Gasteiger charge is 2.31. The number of quaternary nitrogens is 1. The van der Waals surface area contributed by atoms with E-state index in [2.05, 4.69) is 65.6 Å². The Balaban J connectivity index is 1.22. The molecule has 0 atom stereocenters. The van der Waals surface area contributed by atoms with Gasteiger partial charge in [0.1, 0.15) is 11.6 Å². The lowest BCUT2D eigenvalue weighted by Crippen LogP contribution is -3.15. The lowest BCUT2D eigenvalue weighted by molar-refractivity contribution is -0.929. The van der Waals surface area contributed by atoms with E-state index in [9.17, 15) is 4.79 Å². The fraction of sp³-hybridized carbons (Fsp3) is 0.259. The molecule has 5 heteroatoms. The number of nitrogens with zero attached hydrogens (tertiary/aromatic N) is 2. The fourth-order valence-corrected chi connectivity index (χ4v) is 4.69. The molecule has 1 N–H and O–H groups in total. The minimum absolute atomic E-state index is 0.183. The molecule has 0 unspecified atom stereocenters. The number of rotatable bonds is 6. The van der Waals surface area contributed by atoms with Crippen molar-refractivity contribution in [1.29, 1.82) is 0 Å². The molecule has 0 radical (unpaired) electrons. The van der Waals surface area contributed by atoms with Crippen molar-refractivity contribution in [1.82, 2.24) is 9.88 Å². The van der Waals surface area contributed by atoms with E-state index in [1.165, 1.54) is 16.0 Å². The van der Waals surface area contributed by atoms with Crippen LogP contribution in [0.1, 0.15) is 29.5 Å². The smallest absolute Gasteiger partial charge is 0.223 e. The maximum Gasteiger partial charge on any atom is 0.223 e. The molecule has 0 bridgehead atoms. The second-order valence-electron chi connectivity index (χ2n) is 8.37. The monoisotopic (exact) mass is 426 g/mol. The number of nitrogens with one attached hydrogen (secondary N) is 1. The van der Waals surface area contributed by atoms with E-state index in [-0.39, 0.29) is 11.9 Å². The molecule has 5 nitrogen and oxygen atoms in total. The maximum atomic E-state index is 12.9. The number of aromatic nitrogens is 1. The topological polar surface area (TPSA) is 50.8 Å². The second-order valence-corrected chi connectivity index (χ2v) is 8.37. The van der Waals surface area contributed by atoms with Gasteiger partial charge in [0.2, 0.25) is 5.91 Å². The maximum absolute atomic E-state index is 12.9. The first-order valence-corrected chi connectivity index (χ1v) is 11.3. The SMILES string of the molecule is O=C(CCc1nc2ccccc2o1)N1CC[NH+](C(c2ccccc2)c2ccccc2)CC1. The molecule has 1 aliphatic heterocycles. The highest BCUT2D eigenvalue weighted by Crippen LogP contribution is 2.20. The van der Waals surface area contributed by atoms with Crippen LogP contribution in [0, 0.1) is 0 Å². The molecule has 1 aromatic heterocycles. The van der Waals surface area contributed by atoms with Gasteiger partial charge in [0, 0.05) is 24.0 Å². The van der Waals surface area contributed by atoms with Crippen LogP contribution in [0.25, 0.3) is 11.1 Å². The number of aryl methyl sites for hydroxylation is 1. The predicted octanol–water partition coefficient (Wildman–Crippen LogP) is 3.28. The van der Waals surface area contributed by atoms with Gasteiger partial charge in [0.25, 0.3) is 0 Å². The third-order valence-electron chi connectivity index (χ3n) is 6.32. The van der Waals surface area contributed by atoms with Crippen molar-refractivity contribution in [3.05, 3.63) is 102 Å². The van der Waals surface area contributed by atoms with E-state index >= 15 is 0 Å². The first-order valence-electron chi connectivity index (χ1n) is 11.3. The largest absolute Gasteiger partial charge is 0.441 e. The molecular weight excluding hydrogens is 398 g/mol. The van der Waals surface area contributed by atoms with Crippen molar-refractivity contribution in [3.63, 3.8) is 0 Å². The first-order chi connectivity index (χ1) is 15.8. The van der Waals surface area contributed by atoms with Crippen molar-refractivity contribution in [2.45, 2.75) is 18.9 Å². The summed E-state index contributed by atoms with van der Waals surface area (Å²) in [5.41, 5.74) is 4.27. The van der Waals surface area contributed by atoms with Crippen LogP contribution in [0.5, 0.6) is 0 Å². The summed E-state index contributed by atoms with van der Waals surface area (Å²) >= 11 is 0. The number of benzene rings is 3. The van der Waals surface area contributed by atoms with Crippen LogP contribution in [-0.2, 0) is 11.2 Å². The van der Waals surface area contributed by atoms with Crippen LogP contribution >= 0.6 is 0 Å². The van der Waals surface area contributed by atoms with Crippen LogP contribution in [0.2, 0.25) is 0 Å². The fourth-order valence-electron chi connectivity index (χ4n) is 4.69. The minimum atomic E-state index is 0.183. The summed E-state index contributed by atoms with van der Waals surface area (Å²) in [5, 5.41) is 0. The number of carbonyl (C=O) groups is 1. The van der Waals surface area contributed by atoms with E-state index in [4.69, 9.17) is 4.42 Å². The summed E-state index contributed by atoms with van der Waals surface area (Å²) < 4.78 is 5.77. The average Bonchev–Trinajstić information content (AvgIpc) is 3.28. The molecule has 5 rings (SSSR count). The summed E-state index contributed by atoms with van der Waals surface area (Å²) in [6, 6.07) is 29.4. The van der Waals surface area contributed by atoms with Crippen molar-refractivity contribution >= 4 is 17.0 Å². The number of piperazine rings is 1. The van der Waals surface area contributed by atoms with Gasteiger partial charge in [-0.15, -0.1) is 0 Å². The van der Waals surface area contributed by atoms with Gasteiger partial charge in [0.15, 0.2) is 11.5 Å². The Hall–Kier alpha value is -3.44. The molecule has 0 saturated carbocycles. The van der Waals surface area contributed by atoms with Gasteiger partial charge in [-0.05, 0) is 12.1 Å². The molecule has 1 aliphatic rings. The normalized spacial score (nSPS) is 14.8. The van der Waals surface area contributed by atoms with Crippen LogP contribution in [0.3, 0.4) is 0 Å². The Morgan fingerprint density at radius 2 is 1.47 bits per heavy atom. The van der Waals surface area contributed by atoms with Gasteiger partial charge in [-0.3, -0.25) is 4.79 Å². The van der Waals surface area contributed by atoms with E-state index in [1.807, 2.05) is 29.2 Å². The summed E-state index contributed by atoms with van der Waals surface area (Å²) in [6.45, 7) is 3.42. The van der Waals surface area contributed by atoms with Crippen molar-refractivity contribution in [3.8, 4) is 0 Å². The molecule has 1 saturated heterocycles. The molecule has 1 fully saturated rings. The highest BCUT2D eigenvalue weighted by atomic mass is 16.3. The van der Waals surface area contributed by atoms with Crippen molar-refractivity contribution in [2.24, 2.45) is 0 Å². The first kappa shape index (κ1) is 20.5. The van der Waals surface area contributed by atoms with E-state index in [0.717, 1.165) is 37.3 Å². The lowest BCUT2D eigenvalue weighted by Gasteiger charge is -2.37. The van der Waals surface area contributed by atoms with Crippen molar-refractivity contribution < 1.29 is 14.1 Å². The van der Waals surface area contributed by atoms with Crippen LogP contribution in [0.4, 0.5) is 0 Å². The van der Waals surface area contributed by atoms with Gasteiger partial charge in [0.05, 0.1) is 26.2 Å². The zero-order chi connectivity index (χ0) is 21.8. The molecule has 1 amide bonds. The molecule has 4 aromatic rings. The second kappa shape index (κ2) is 9.37. The molecule has 0 aliphatic carbocycles. The van der Waals surface area contributed by atoms with E-state index in [0.29, 0.717) is 18.7 Å². The van der Waals surface area contributed by atoms with Gasteiger partial charge < -0.3 is 14.2 Å². The molecular formula is C27H28N3O2+. The summed E-state index contributed by atoms with van der Waals surface area (Å²) in [7, 11) is 0. The zero-order valence-electron chi connectivity index (χ0n) is 18.1. The zero-order valence-corrected chi connectivity index (χ0v) is 18.1. The Kier molecular flexibility index (Phi) is 5.99. The Morgan fingerprint density at radius 1 is 0.875 bits per heavy atom. The molecule has 0 spiro atoms. The van der Waals surface area contributed by atoms with Gasteiger partial charge >= 0.3 is 0 Å². The van der Waals surface area contributed by atoms with Gasteiger partial charge in [-0.1, -0.05) is 72.8 Å². The number of fused-ring (bicyclic) bond motifs is 1. The minimum Gasteiger partial charge on any atom is -0.441 e. The highest BCUT2D eigenvalue weighted by molar-refractivity contribution is 5.76. The summed E-state index contributed by atoms with van der Waals surface area (Å²) in [6.07, 6.45) is 0.972. The quantitative estimate of drug-likeness (QED) is 0.515. The Labute approximate surface area is 188 Å². The van der Waals surface area contributed by atoms with E-state index in [1.54, 1.807) is 0 Å². The number of oxazole rings is 1.